The molecule has 0 spiro atoms. The van der Waals surface area contributed by atoms with Crippen molar-refractivity contribution in [1.29, 1.82) is 0 Å². The molecule has 0 radical (unpaired) electrons. The fourth-order valence-corrected chi connectivity index (χ4v) is 1.15. The van der Waals surface area contributed by atoms with E-state index in [0.717, 1.165) is 0 Å². The van der Waals surface area contributed by atoms with E-state index in [9.17, 15) is 5.11 Å². The van der Waals surface area contributed by atoms with Crippen molar-refractivity contribution < 1.29 is 14.9 Å². The Kier molecular flexibility index (Phi) is 5.61. The second-order valence-corrected chi connectivity index (χ2v) is 3.45. The van der Waals surface area contributed by atoms with Gasteiger partial charge in [0.2, 0.25) is 0 Å². The second kappa shape index (κ2) is 7.00. The van der Waals surface area contributed by atoms with Gasteiger partial charge in [0.1, 0.15) is 18.2 Å². The monoisotopic (exact) mass is 242 g/mol. The molecule has 1 heterocycles. The highest BCUT2D eigenvalue weighted by Crippen LogP contribution is 2.09. The van der Waals surface area contributed by atoms with Crippen LogP contribution >= 0.6 is 0 Å². The number of hydrogen-bond acceptors (Lipinski definition) is 7. The number of nitrogens with one attached hydrogen (secondary N) is 1. The zero-order valence-electron chi connectivity index (χ0n) is 9.76. The van der Waals surface area contributed by atoms with Crippen LogP contribution in [0.3, 0.4) is 0 Å². The molecule has 1 aromatic rings. The summed E-state index contributed by atoms with van der Waals surface area (Å²) < 4.78 is 5.18. The first-order chi connectivity index (χ1) is 8.15. The number of nitrogens with zero attached hydrogens (tertiary/aromatic N) is 2. The first kappa shape index (κ1) is 13.6. The first-order valence-corrected chi connectivity index (χ1v) is 5.39. The highest BCUT2D eigenvalue weighted by atomic mass is 16.5. The predicted molar refractivity (Wildman–Crippen MR) is 63.4 cm³/mol. The number of aliphatic hydroxyl groups excluding tert-OH is 2. The minimum absolute atomic E-state index is 0.195. The van der Waals surface area contributed by atoms with Crippen molar-refractivity contribution in [1.82, 2.24) is 9.97 Å². The molecule has 0 aromatic carbocycles. The maximum absolute atomic E-state index is 9.19. The number of rotatable bonds is 7. The Labute approximate surface area is 99.7 Å². The minimum Gasteiger partial charge on any atom is -0.394 e. The lowest BCUT2D eigenvalue weighted by molar-refractivity contribution is 0.105. The average molecular weight is 242 g/mol. The van der Waals surface area contributed by atoms with Gasteiger partial charge in [-0.1, -0.05) is 0 Å². The van der Waals surface area contributed by atoms with Crippen LogP contribution in [0.25, 0.3) is 0 Å². The summed E-state index contributed by atoms with van der Waals surface area (Å²) in [7, 11) is 0. The van der Waals surface area contributed by atoms with Crippen LogP contribution in [0.2, 0.25) is 0 Å². The van der Waals surface area contributed by atoms with Gasteiger partial charge in [-0.3, -0.25) is 0 Å². The van der Waals surface area contributed by atoms with Gasteiger partial charge in [-0.2, -0.15) is 0 Å². The number of nitrogen functional groups attached to an aromatic ring is 1. The lowest BCUT2D eigenvalue weighted by Gasteiger charge is -2.11. The Bertz CT molecular complexity index is 348. The van der Waals surface area contributed by atoms with Crippen LogP contribution < -0.4 is 11.1 Å². The van der Waals surface area contributed by atoms with E-state index < -0.39 is 6.10 Å². The van der Waals surface area contributed by atoms with Crippen LogP contribution in [0.5, 0.6) is 0 Å². The molecule has 0 aliphatic rings. The van der Waals surface area contributed by atoms with Crippen LogP contribution in [0, 0.1) is 0 Å². The maximum Gasteiger partial charge on any atom is 0.158 e. The molecule has 0 fully saturated rings. The molecule has 0 aliphatic heterocycles. The lowest BCUT2D eigenvalue weighted by atomic mass is 10.3. The largest absolute Gasteiger partial charge is 0.394 e. The van der Waals surface area contributed by atoms with Gasteiger partial charge in [0.15, 0.2) is 5.82 Å². The molecule has 0 aliphatic carbocycles. The van der Waals surface area contributed by atoms with E-state index in [1.807, 2.05) is 6.92 Å². The van der Waals surface area contributed by atoms with E-state index in [-0.39, 0.29) is 13.2 Å². The Morgan fingerprint density at radius 1 is 1.53 bits per heavy atom. The van der Waals surface area contributed by atoms with Crippen molar-refractivity contribution in [2.45, 2.75) is 19.6 Å². The van der Waals surface area contributed by atoms with Gasteiger partial charge < -0.3 is 26.0 Å². The van der Waals surface area contributed by atoms with Crippen LogP contribution in [-0.4, -0.2) is 46.0 Å². The summed E-state index contributed by atoms with van der Waals surface area (Å²) in [5, 5.41) is 20.7. The van der Waals surface area contributed by atoms with E-state index in [1.54, 1.807) is 6.07 Å². The van der Waals surface area contributed by atoms with Crippen molar-refractivity contribution in [2.24, 2.45) is 0 Å². The second-order valence-electron chi connectivity index (χ2n) is 3.45. The zero-order valence-corrected chi connectivity index (χ0v) is 9.76. The molecule has 1 atom stereocenters. The molecule has 96 valence electrons. The third-order valence-electron chi connectivity index (χ3n) is 1.96. The van der Waals surface area contributed by atoms with E-state index in [0.29, 0.717) is 30.7 Å². The number of anilines is 2. The van der Waals surface area contributed by atoms with E-state index >= 15 is 0 Å². The summed E-state index contributed by atoms with van der Waals surface area (Å²) >= 11 is 0. The van der Waals surface area contributed by atoms with Gasteiger partial charge in [-0.15, -0.1) is 0 Å². The molecule has 0 bridgehead atoms. The molecule has 7 heteroatoms. The quantitative estimate of drug-likeness (QED) is 0.503. The van der Waals surface area contributed by atoms with Gasteiger partial charge in [0.05, 0.1) is 12.7 Å². The molecule has 5 N–H and O–H groups in total. The first-order valence-electron chi connectivity index (χ1n) is 5.39. The van der Waals surface area contributed by atoms with E-state index in [4.69, 9.17) is 15.6 Å². The Morgan fingerprint density at radius 3 is 2.94 bits per heavy atom. The van der Waals surface area contributed by atoms with Gasteiger partial charge in [0, 0.05) is 19.2 Å². The smallest absolute Gasteiger partial charge is 0.158 e. The number of aliphatic hydroxyl groups is 2. The fourth-order valence-electron chi connectivity index (χ4n) is 1.15. The zero-order chi connectivity index (χ0) is 12.7. The summed E-state index contributed by atoms with van der Waals surface area (Å²) in [5.41, 5.74) is 5.61. The van der Waals surface area contributed by atoms with Crippen LogP contribution in [0.15, 0.2) is 6.07 Å². The standard InChI is InChI=1S/C10H18N4O3/c1-2-17-6-10-13-8(11)3-9(14-10)12-4-7(16)5-15/h3,7,15-16H,2,4-6H2,1H3,(H3,11,12,13,14). The molecular weight excluding hydrogens is 224 g/mol. The van der Waals surface area contributed by atoms with Crippen molar-refractivity contribution in [3.8, 4) is 0 Å². The van der Waals surface area contributed by atoms with Gasteiger partial charge in [-0.25, -0.2) is 9.97 Å². The van der Waals surface area contributed by atoms with Crippen molar-refractivity contribution in [3.05, 3.63) is 11.9 Å². The van der Waals surface area contributed by atoms with Crippen LogP contribution in [0.1, 0.15) is 12.7 Å². The number of ether oxygens (including phenoxy) is 1. The summed E-state index contributed by atoms with van der Waals surface area (Å²) in [5.74, 6) is 1.31. The van der Waals surface area contributed by atoms with Crippen LogP contribution in [0.4, 0.5) is 11.6 Å². The Balaban J connectivity index is 2.61. The third-order valence-corrected chi connectivity index (χ3v) is 1.96. The molecular formula is C10H18N4O3. The van der Waals surface area contributed by atoms with Gasteiger partial charge in [0.25, 0.3) is 0 Å². The molecule has 7 nitrogen and oxygen atoms in total. The molecule has 17 heavy (non-hydrogen) atoms. The molecule has 0 amide bonds. The fraction of sp³-hybridized carbons (Fsp3) is 0.600. The van der Waals surface area contributed by atoms with Crippen molar-refractivity contribution >= 4 is 11.6 Å². The summed E-state index contributed by atoms with van der Waals surface area (Å²) in [4.78, 5) is 8.17. The SMILES string of the molecule is CCOCc1nc(N)cc(NCC(O)CO)n1. The average Bonchev–Trinajstić information content (AvgIpc) is 2.32. The molecule has 1 rings (SSSR count). The van der Waals surface area contributed by atoms with E-state index in [1.165, 1.54) is 0 Å². The third kappa shape index (κ3) is 4.94. The van der Waals surface area contributed by atoms with Gasteiger partial charge in [-0.05, 0) is 6.92 Å². The minimum atomic E-state index is -0.832. The highest BCUT2D eigenvalue weighted by Gasteiger charge is 2.05. The molecule has 1 aromatic heterocycles. The Hall–Kier alpha value is -1.44. The summed E-state index contributed by atoms with van der Waals surface area (Å²) in [6, 6.07) is 1.56. The molecule has 0 saturated heterocycles. The van der Waals surface area contributed by atoms with Crippen molar-refractivity contribution in [2.75, 3.05) is 30.8 Å². The lowest BCUT2D eigenvalue weighted by Crippen LogP contribution is -2.23. The summed E-state index contributed by atoms with van der Waals surface area (Å²) in [6.45, 7) is 2.63. The predicted octanol–water partition coefficient (Wildman–Crippen LogP) is -0.640. The molecule has 0 saturated carbocycles. The topological polar surface area (TPSA) is 114 Å². The number of nitrogens with two attached hydrogens (primary N) is 1. The molecule has 1 unspecified atom stereocenters. The number of aromatic nitrogens is 2. The van der Waals surface area contributed by atoms with Crippen LogP contribution in [-0.2, 0) is 11.3 Å². The normalized spacial score (nSPS) is 12.4. The van der Waals surface area contributed by atoms with Crippen molar-refractivity contribution in [3.63, 3.8) is 0 Å². The Morgan fingerprint density at radius 2 is 2.29 bits per heavy atom. The van der Waals surface area contributed by atoms with Gasteiger partial charge >= 0.3 is 0 Å². The number of hydrogen-bond donors (Lipinski definition) is 4. The summed E-state index contributed by atoms with van der Waals surface area (Å²) in [6.07, 6.45) is -0.832. The van der Waals surface area contributed by atoms with E-state index in [2.05, 4.69) is 15.3 Å². The highest BCUT2D eigenvalue weighted by molar-refractivity contribution is 5.44. The maximum atomic E-state index is 9.19.